The van der Waals surface area contributed by atoms with Gasteiger partial charge in [0.05, 0.1) is 16.0 Å². The maximum atomic E-state index is 12.8. The molecule has 2 N–H and O–H groups in total. The lowest BCUT2D eigenvalue weighted by atomic mass is 9.86. The van der Waals surface area contributed by atoms with Crippen molar-refractivity contribution >= 4 is 33.6 Å². The predicted octanol–water partition coefficient (Wildman–Crippen LogP) is 0.558. The van der Waals surface area contributed by atoms with Gasteiger partial charge in [-0.2, -0.15) is 0 Å². The molecule has 3 aromatic rings. The number of para-hydroxylation sites is 1. The van der Waals surface area contributed by atoms with Crippen LogP contribution in [0.15, 0.2) is 65.6 Å². The molecule has 0 atom stereocenters. The van der Waals surface area contributed by atoms with Crippen molar-refractivity contribution in [1.29, 1.82) is 0 Å². The van der Waals surface area contributed by atoms with Gasteiger partial charge in [-0.05, 0) is 24.3 Å². The zero-order chi connectivity index (χ0) is 15.0. The Hall–Kier alpha value is -2.09. The standard InChI is InChI=1S/C14H12BNO4S/c17-15(18)14-10-11-6-4-5-9-13(11)16(14)21(19,20)12-7-2-1-3-8-12/h1-10,17-18H. The Balaban J connectivity index is 2.36. The summed E-state index contributed by atoms with van der Waals surface area (Å²) >= 11 is 0. The summed E-state index contributed by atoms with van der Waals surface area (Å²) in [6, 6.07) is 16.2. The second-order valence-electron chi connectivity index (χ2n) is 4.58. The highest BCUT2D eigenvalue weighted by atomic mass is 32.2. The van der Waals surface area contributed by atoms with Crippen LogP contribution >= 0.6 is 0 Å². The molecular formula is C14H12BNO4S. The molecule has 1 heterocycles. The summed E-state index contributed by atoms with van der Waals surface area (Å²) in [6.45, 7) is 0. The molecule has 1 aromatic heterocycles. The van der Waals surface area contributed by atoms with E-state index >= 15 is 0 Å². The van der Waals surface area contributed by atoms with Crippen LogP contribution in [0.5, 0.6) is 0 Å². The fourth-order valence-corrected chi connectivity index (χ4v) is 3.86. The second-order valence-corrected chi connectivity index (χ2v) is 6.37. The van der Waals surface area contributed by atoms with Crippen molar-refractivity contribution < 1.29 is 18.5 Å². The van der Waals surface area contributed by atoms with Gasteiger partial charge in [0.25, 0.3) is 10.0 Å². The van der Waals surface area contributed by atoms with E-state index in [2.05, 4.69) is 0 Å². The first-order chi connectivity index (χ1) is 10.0. The largest absolute Gasteiger partial charge is 0.507 e. The zero-order valence-corrected chi connectivity index (χ0v) is 11.7. The van der Waals surface area contributed by atoms with Crippen molar-refractivity contribution in [3.8, 4) is 0 Å². The zero-order valence-electron chi connectivity index (χ0n) is 10.9. The quantitative estimate of drug-likeness (QED) is 0.693. The maximum Gasteiger partial charge on any atom is 0.507 e. The van der Waals surface area contributed by atoms with Crippen LogP contribution in [0.25, 0.3) is 10.9 Å². The molecule has 0 fully saturated rings. The van der Waals surface area contributed by atoms with Crippen LogP contribution in [0.4, 0.5) is 0 Å². The second kappa shape index (κ2) is 5.03. The first-order valence-corrected chi connectivity index (χ1v) is 7.73. The summed E-state index contributed by atoms with van der Waals surface area (Å²) in [6.07, 6.45) is 0. The van der Waals surface area contributed by atoms with E-state index in [0.717, 1.165) is 3.97 Å². The fourth-order valence-electron chi connectivity index (χ4n) is 2.30. The molecule has 5 nitrogen and oxygen atoms in total. The van der Waals surface area contributed by atoms with E-state index in [9.17, 15) is 18.5 Å². The van der Waals surface area contributed by atoms with Crippen LogP contribution in [-0.4, -0.2) is 29.6 Å². The van der Waals surface area contributed by atoms with Crippen LogP contribution in [-0.2, 0) is 10.0 Å². The molecule has 3 rings (SSSR count). The summed E-state index contributed by atoms with van der Waals surface area (Å²) in [5, 5.41) is 19.6. The van der Waals surface area contributed by atoms with Crippen LogP contribution in [0.1, 0.15) is 0 Å². The molecule has 2 aromatic carbocycles. The molecule has 0 saturated heterocycles. The Bertz CT molecular complexity index is 888. The number of benzene rings is 2. The number of aromatic nitrogens is 1. The molecule has 0 spiro atoms. The Labute approximate surface area is 122 Å². The van der Waals surface area contributed by atoms with Crippen LogP contribution in [0.3, 0.4) is 0 Å². The highest BCUT2D eigenvalue weighted by molar-refractivity contribution is 7.90. The van der Waals surface area contributed by atoms with Gasteiger partial charge in [0, 0.05) is 5.39 Å². The minimum Gasteiger partial charge on any atom is -0.422 e. The van der Waals surface area contributed by atoms with Gasteiger partial charge < -0.3 is 10.0 Å². The van der Waals surface area contributed by atoms with Gasteiger partial charge in [-0.15, -0.1) is 0 Å². The lowest BCUT2D eigenvalue weighted by Gasteiger charge is -2.11. The highest BCUT2D eigenvalue weighted by Gasteiger charge is 2.27. The lowest BCUT2D eigenvalue weighted by molar-refractivity contribution is 0.423. The third-order valence-electron chi connectivity index (χ3n) is 3.24. The van der Waals surface area contributed by atoms with Crippen molar-refractivity contribution in [3.05, 3.63) is 60.7 Å². The van der Waals surface area contributed by atoms with Crippen LogP contribution in [0.2, 0.25) is 0 Å². The minimum atomic E-state index is -3.90. The van der Waals surface area contributed by atoms with E-state index in [1.54, 1.807) is 42.5 Å². The number of hydrogen-bond donors (Lipinski definition) is 2. The van der Waals surface area contributed by atoms with Crippen molar-refractivity contribution in [1.82, 2.24) is 3.97 Å². The minimum absolute atomic E-state index is 0.0833. The molecule has 0 saturated carbocycles. The molecule has 0 unspecified atom stereocenters. The normalized spacial score (nSPS) is 11.7. The molecule has 0 amide bonds. The predicted molar refractivity (Wildman–Crippen MR) is 80.8 cm³/mol. The van der Waals surface area contributed by atoms with Gasteiger partial charge in [0.15, 0.2) is 0 Å². The number of hydrogen-bond acceptors (Lipinski definition) is 4. The van der Waals surface area contributed by atoms with E-state index in [-0.39, 0.29) is 10.5 Å². The smallest absolute Gasteiger partial charge is 0.422 e. The Kier molecular flexibility index (Phi) is 3.33. The molecule has 7 heteroatoms. The summed E-state index contributed by atoms with van der Waals surface area (Å²) in [5.74, 6) is 0. The van der Waals surface area contributed by atoms with Gasteiger partial charge in [-0.3, -0.25) is 0 Å². The monoisotopic (exact) mass is 301 g/mol. The van der Waals surface area contributed by atoms with E-state index in [0.29, 0.717) is 10.9 Å². The third kappa shape index (κ3) is 2.25. The molecular weight excluding hydrogens is 289 g/mol. The first kappa shape index (κ1) is 13.9. The average molecular weight is 301 g/mol. The maximum absolute atomic E-state index is 12.8. The van der Waals surface area contributed by atoms with Gasteiger partial charge >= 0.3 is 7.12 Å². The summed E-state index contributed by atoms with van der Waals surface area (Å²) in [5.41, 5.74) is 0.324. The SMILES string of the molecule is O=S(=O)(c1ccccc1)n1c(B(O)O)cc2ccccc21. The Morgan fingerprint density at radius 2 is 1.52 bits per heavy atom. The number of fused-ring (bicyclic) bond motifs is 1. The van der Waals surface area contributed by atoms with Crippen molar-refractivity contribution in [2.24, 2.45) is 0 Å². The Morgan fingerprint density at radius 3 is 2.19 bits per heavy atom. The molecule has 106 valence electrons. The average Bonchev–Trinajstić information content (AvgIpc) is 2.88. The summed E-state index contributed by atoms with van der Waals surface area (Å²) in [7, 11) is -5.78. The first-order valence-electron chi connectivity index (χ1n) is 6.29. The summed E-state index contributed by atoms with van der Waals surface area (Å²) < 4.78 is 26.5. The molecule has 21 heavy (non-hydrogen) atoms. The Morgan fingerprint density at radius 1 is 0.905 bits per heavy atom. The number of rotatable bonds is 3. The molecule has 0 bridgehead atoms. The van der Waals surface area contributed by atoms with Gasteiger partial charge in [0.2, 0.25) is 0 Å². The topological polar surface area (TPSA) is 79.5 Å². The molecule has 0 radical (unpaired) electrons. The van der Waals surface area contributed by atoms with E-state index in [1.807, 2.05) is 0 Å². The van der Waals surface area contributed by atoms with Crippen molar-refractivity contribution in [2.45, 2.75) is 4.90 Å². The van der Waals surface area contributed by atoms with Crippen LogP contribution < -0.4 is 5.59 Å². The number of nitrogens with zero attached hydrogens (tertiary/aromatic N) is 1. The molecule has 0 aliphatic heterocycles. The van der Waals surface area contributed by atoms with Crippen LogP contribution in [0, 0.1) is 0 Å². The molecule has 0 aliphatic rings. The fraction of sp³-hybridized carbons (Fsp3) is 0. The highest BCUT2D eigenvalue weighted by Crippen LogP contribution is 2.20. The van der Waals surface area contributed by atoms with Crippen molar-refractivity contribution in [3.63, 3.8) is 0 Å². The van der Waals surface area contributed by atoms with E-state index in [1.165, 1.54) is 18.2 Å². The van der Waals surface area contributed by atoms with Gasteiger partial charge in [-0.1, -0.05) is 36.4 Å². The van der Waals surface area contributed by atoms with Gasteiger partial charge in [-0.25, -0.2) is 12.4 Å². The lowest BCUT2D eigenvalue weighted by Crippen LogP contribution is -2.38. The van der Waals surface area contributed by atoms with Crippen molar-refractivity contribution in [2.75, 3.05) is 0 Å². The van der Waals surface area contributed by atoms with E-state index < -0.39 is 17.1 Å². The third-order valence-corrected chi connectivity index (χ3v) is 5.00. The van der Waals surface area contributed by atoms with E-state index in [4.69, 9.17) is 0 Å². The van der Waals surface area contributed by atoms with Gasteiger partial charge in [0.1, 0.15) is 0 Å². The summed E-state index contributed by atoms with van der Waals surface area (Å²) in [4.78, 5) is 0.0910. The molecule has 0 aliphatic carbocycles.